The van der Waals surface area contributed by atoms with E-state index in [4.69, 9.17) is 22.1 Å². The molecule has 5 heteroatoms. The minimum Gasteiger partial charge on any atom is -0.483 e. The molecular formula is C15H14ClN3O. The number of H-pyrrole nitrogens is 1. The molecule has 1 heterocycles. The lowest BCUT2D eigenvalue weighted by Gasteiger charge is -2.12. The molecule has 0 amide bonds. The second-order valence-corrected chi connectivity index (χ2v) is 5.05. The molecule has 3 rings (SSSR count). The van der Waals surface area contributed by atoms with Crippen LogP contribution in [0.25, 0.3) is 11.0 Å². The number of anilines is 1. The Balaban J connectivity index is 1.86. The zero-order valence-electron chi connectivity index (χ0n) is 10.9. The summed E-state index contributed by atoms with van der Waals surface area (Å²) in [6.07, 6.45) is -0.206. The molecule has 1 aromatic heterocycles. The minimum absolute atomic E-state index is 0.206. The van der Waals surface area contributed by atoms with Crippen LogP contribution in [0.1, 0.15) is 18.9 Å². The Morgan fingerprint density at radius 1 is 1.25 bits per heavy atom. The lowest BCUT2D eigenvalue weighted by molar-refractivity contribution is 0.218. The molecule has 0 spiro atoms. The van der Waals surface area contributed by atoms with E-state index in [0.29, 0.717) is 16.5 Å². The third-order valence-electron chi connectivity index (χ3n) is 3.02. The monoisotopic (exact) mass is 287 g/mol. The average molecular weight is 288 g/mol. The van der Waals surface area contributed by atoms with Gasteiger partial charge in [-0.3, -0.25) is 0 Å². The summed E-state index contributed by atoms with van der Waals surface area (Å²) in [5.41, 5.74) is 8.24. The van der Waals surface area contributed by atoms with Crippen LogP contribution in [0, 0.1) is 0 Å². The van der Waals surface area contributed by atoms with Crippen molar-refractivity contribution in [3.63, 3.8) is 0 Å². The Morgan fingerprint density at radius 3 is 2.90 bits per heavy atom. The fraction of sp³-hybridized carbons (Fsp3) is 0.133. The van der Waals surface area contributed by atoms with Crippen molar-refractivity contribution in [2.75, 3.05) is 5.73 Å². The molecule has 0 saturated carbocycles. The summed E-state index contributed by atoms with van der Waals surface area (Å²) >= 11 is 5.94. The predicted molar refractivity (Wildman–Crippen MR) is 81.0 cm³/mol. The predicted octanol–water partition coefficient (Wildman–Crippen LogP) is 3.94. The van der Waals surface area contributed by atoms with E-state index in [0.717, 1.165) is 16.9 Å². The van der Waals surface area contributed by atoms with Gasteiger partial charge >= 0.3 is 0 Å². The molecule has 102 valence electrons. The highest BCUT2D eigenvalue weighted by Gasteiger charge is 2.12. The van der Waals surface area contributed by atoms with Crippen LogP contribution in [-0.4, -0.2) is 9.97 Å². The number of nitrogen functional groups attached to an aromatic ring is 1. The molecule has 20 heavy (non-hydrogen) atoms. The van der Waals surface area contributed by atoms with Crippen LogP contribution in [0.2, 0.25) is 5.02 Å². The number of imidazole rings is 1. The number of halogens is 1. The van der Waals surface area contributed by atoms with Crippen molar-refractivity contribution >= 4 is 28.3 Å². The van der Waals surface area contributed by atoms with E-state index in [-0.39, 0.29) is 6.10 Å². The maximum atomic E-state index is 5.94. The van der Waals surface area contributed by atoms with Crippen molar-refractivity contribution in [1.29, 1.82) is 0 Å². The first kappa shape index (κ1) is 12.8. The molecule has 1 atom stereocenters. The first-order valence-electron chi connectivity index (χ1n) is 6.29. The van der Waals surface area contributed by atoms with Crippen molar-refractivity contribution in [2.24, 2.45) is 0 Å². The van der Waals surface area contributed by atoms with Gasteiger partial charge in [0.1, 0.15) is 11.6 Å². The molecule has 1 unspecified atom stereocenters. The highest BCUT2D eigenvalue weighted by Crippen LogP contribution is 2.24. The smallest absolute Gasteiger partial charge is 0.153 e. The Hall–Kier alpha value is -2.20. The summed E-state index contributed by atoms with van der Waals surface area (Å²) in [4.78, 5) is 7.73. The van der Waals surface area contributed by atoms with Gasteiger partial charge in [-0.15, -0.1) is 0 Å². The molecule has 0 radical (unpaired) electrons. The number of hydrogen-bond donors (Lipinski definition) is 2. The molecule has 0 aliphatic heterocycles. The first-order chi connectivity index (χ1) is 9.61. The maximum absolute atomic E-state index is 5.94. The molecular weight excluding hydrogens is 274 g/mol. The fourth-order valence-corrected chi connectivity index (χ4v) is 2.22. The van der Waals surface area contributed by atoms with Crippen LogP contribution in [0.3, 0.4) is 0 Å². The van der Waals surface area contributed by atoms with Gasteiger partial charge in [-0.2, -0.15) is 0 Å². The van der Waals surface area contributed by atoms with Crippen molar-refractivity contribution in [1.82, 2.24) is 9.97 Å². The normalized spacial score (nSPS) is 12.5. The summed E-state index contributed by atoms with van der Waals surface area (Å²) in [7, 11) is 0. The van der Waals surface area contributed by atoms with Gasteiger partial charge in [0.15, 0.2) is 6.10 Å². The summed E-state index contributed by atoms with van der Waals surface area (Å²) < 4.78 is 5.83. The Morgan fingerprint density at radius 2 is 2.10 bits per heavy atom. The summed E-state index contributed by atoms with van der Waals surface area (Å²) in [5.74, 6) is 1.47. The number of fused-ring (bicyclic) bond motifs is 1. The zero-order valence-corrected chi connectivity index (χ0v) is 11.7. The molecule has 0 bridgehead atoms. The maximum Gasteiger partial charge on any atom is 0.153 e. The SMILES string of the molecule is CC(Oc1cccc(Cl)c1)c1nc2ccc(N)cc2[nH]1. The summed E-state index contributed by atoms with van der Waals surface area (Å²) in [5, 5.41) is 0.645. The molecule has 0 saturated heterocycles. The van der Waals surface area contributed by atoms with Crippen molar-refractivity contribution < 1.29 is 4.74 Å². The fourth-order valence-electron chi connectivity index (χ4n) is 2.04. The second-order valence-electron chi connectivity index (χ2n) is 4.62. The number of nitrogens with two attached hydrogens (primary N) is 1. The Bertz CT molecular complexity index is 754. The quantitative estimate of drug-likeness (QED) is 0.717. The number of aromatic amines is 1. The molecule has 3 aromatic rings. The van der Waals surface area contributed by atoms with E-state index in [2.05, 4.69) is 9.97 Å². The van der Waals surface area contributed by atoms with Crippen LogP contribution in [0.4, 0.5) is 5.69 Å². The van der Waals surface area contributed by atoms with Gasteiger partial charge in [0, 0.05) is 10.7 Å². The van der Waals surface area contributed by atoms with Gasteiger partial charge in [-0.1, -0.05) is 17.7 Å². The topological polar surface area (TPSA) is 63.9 Å². The van der Waals surface area contributed by atoms with E-state index in [9.17, 15) is 0 Å². The standard InChI is InChI=1S/C15H14ClN3O/c1-9(20-12-4-2-3-10(16)7-12)15-18-13-6-5-11(17)8-14(13)19-15/h2-9H,17H2,1H3,(H,18,19). The third-order valence-corrected chi connectivity index (χ3v) is 3.25. The van der Waals surface area contributed by atoms with Gasteiger partial charge in [0.05, 0.1) is 11.0 Å². The molecule has 0 aliphatic rings. The molecule has 3 N–H and O–H groups in total. The molecule has 4 nitrogen and oxygen atoms in total. The van der Waals surface area contributed by atoms with Crippen molar-refractivity contribution in [3.8, 4) is 5.75 Å². The number of hydrogen-bond acceptors (Lipinski definition) is 3. The molecule has 0 aliphatic carbocycles. The third kappa shape index (κ3) is 2.56. The zero-order chi connectivity index (χ0) is 14.1. The summed E-state index contributed by atoms with van der Waals surface area (Å²) in [6.45, 7) is 1.93. The minimum atomic E-state index is -0.206. The lowest BCUT2D eigenvalue weighted by atomic mass is 10.3. The van der Waals surface area contributed by atoms with E-state index in [1.54, 1.807) is 6.07 Å². The summed E-state index contributed by atoms with van der Waals surface area (Å²) in [6, 6.07) is 12.9. The van der Waals surface area contributed by atoms with Crippen LogP contribution < -0.4 is 10.5 Å². The van der Waals surface area contributed by atoms with Crippen LogP contribution in [0.5, 0.6) is 5.75 Å². The number of nitrogens with zero attached hydrogens (tertiary/aromatic N) is 1. The average Bonchev–Trinajstić information content (AvgIpc) is 2.81. The number of ether oxygens (including phenoxy) is 1. The first-order valence-corrected chi connectivity index (χ1v) is 6.67. The Kier molecular flexibility index (Phi) is 3.24. The van der Waals surface area contributed by atoms with Gasteiger partial charge in [-0.05, 0) is 43.3 Å². The second kappa shape index (κ2) is 5.06. The lowest BCUT2D eigenvalue weighted by Crippen LogP contribution is -2.04. The number of rotatable bonds is 3. The number of benzene rings is 2. The van der Waals surface area contributed by atoms with Crippen LogP contribution in [-0.2, 0) is 0 Å². The number of aromatic nitrogens is 2. The van der Waals surface area contributed by atoms with Crippen molar-refractivity contribution in [3.05, 3.63) is 53.3 Å². The van der Waals surface area contributed by atoms with Gasteiger partial charge in [0.2, 0.25) is 0 Å². The van der Waals surface area contributed by atoms with E-state index < -0.39 is 0 Å². The van der Waals surface area contributed by atoms with Crippen LogP contribution in [0.15, 0.2) is 42.5 Å². The molecule has 2 aromatic carbocycles. The highest BCUT2D eigenvalue weighted by atomic mass is 35.5. The van der Waals surface area contributed by atoms with E-state index in [1.165, 1.54) is 0 Å². The van der Waals surface area contributed by atoms with E-state index in [1.807, 2.05) is 43.3 Å². The number of nitrogens with one attached hydrogen (secondary N) is 1. The van der Waals surface area contributed by atoms with Crippen LogP contribution >= 0.6 is 11.6 Å². The van der Waals surface area contributed by atoms with Gasteiger partial charge in [-0.25, -0.2) is 4.98 Å². The van der Waals surface area contributed by atoms with E-state index >= 15 is 0 Å². The van der Waals surface area contributed by atoms with Gasteiger partial charge in [0.25, 0.3) is 0 Å². The van der Waals surface area contributed by atoms with Crippen molar-refractivity contribution in [2.45, 2.75) is 13.0 Å². The largest absolute Gasteiger partial charge is 0.483 e. The highest BCUT2D eigenvalue weighted by molar-refractivity contribution is 6.30. The van der Waals surface area contributed by atoms with Gasteiger partial charge < -0.3 is 15.5 Å². The Labute approximate surface area is 121 Å². The molecule has 0 fully saturated rings.